The number of aromatic hydroxyl groups is 1. The monoisotopic (exact) mass is 442 g/mol. The van der Waals surface area contributed by atoms with E-state index in [1.54, 1.807) is 13.1 Å². The van der Waals surface area contributed by atoms with E-state index in [9.17, 15) is 5.11 Å². The lowest BCUT2D eigenvalue weighted by Gasteiger charge is -2.11. The largest absolute Gasteiger partial charge is 0.507 e. The molecule has 0 aliphatic carbocycles. The normalized spacial score (nSPS) is 11.3. The number of nitrogens with one attached hydrogen (secondary N) is 2. The Hall–Kier alpha value is -4.27. The lowest BCUT2D eigenvalue weighted by Crippen LogP contribution is -2.05. The summed E-state index contributed by atoms with van der Waals surface area (Å²) in [7, 11) is 1.76. The Morgan fingerprint density at radius 1 is 0.879 bits per heavy atom. The minimum absolute atomic E-state index is 0.135. The summed E-state index contributed by atoms with van der Waals surface area (Å²) in [5, 5.41) is 27.0. The molecule has 5 N–H and O–H groups in total. The van der Waals surface area contributed by atoms with Gasteiger partial charge in [0.15, 0.2) is 0 Å². The number of benzene rings is 3. The molecule has 0 atom stereocenters. The van der Waals surface area contributed by atoms with Gasteiger partial charge in [-0.3, -0.25) is 0 Å². The number of nitrogens with zero attached hydrogens (tertiary/aromatic N) is 5. The highest BCUT2D eigenvalue weighted by Crippen LogP contribution is 2.41. The first-order valence-corrected chi connectivity index (χ1v) is 10.5. The number of anilines is 4. The van der Waals surface area contributed by atoms with Gasteiger partial charge in [0.05, 0.1) is 16.8 Å². The number of nitrogens with two attached hydrogens (primary N) is 1. The van der Waals surface area contributed by atoms with Crippen molar-refractivity contribution in [1.29, 1.82) is 0 Å². The van der Waals surface area contributed by atoms with Crippen LogP contribution < -0.4 is 16.4 Å². The molecule has 0 unspecified atom stereocenters. The fourth-order valence-corrected chi connectivity index (χ4v) is 3.63. The van der Waals surface area contributed by atoms with Crippen molar-refractivity contribution < 1.29 is 5.11 Å². The van der Waals surface area contributed by atoms with Crippen LogP contribution in [0, 0.1) is 27.7 Å². The summed E-state index contributed by atoms with van der Waals surface area (Å²) in [4.78, 5) is 12.8. The van der Waals surface area contributed by atoms with Gasteiger partial charge in [-0.25, -0.2) is 0 Å². The van der Waals surface area contributed by atoms with Gasteiger partial charge in [-0.15, -0.1) is 5.11 Å². The van der Waals surface area contributed by atoms with Crippen LogP contribution >= 0.6 is 0 Å². The first kappa shape index (κ1) is 21.9. The highest BCUT2D eigenvalue weighted by molar-refractivity contribution is 6.03. The quantitative estimate of drug-likeness (QED) is 0.228. The Morgan fingerprint density at radius 2 is 1.64 bits per heavy atom. The molecule has 3 aromatic carbocycles. The van der Waals surface area contributed by atoms with Crippen LogP contribution in [0.4, 0.5) is 34.6 Å². The van der Waals surface area contributed by atoms with Crippen LogP contribution in [0.15, 0.2) is 46.6 Å². The first-order chi connectivity index (χ1) is 15.7. The maximum atomic E-state index is 10.5. The summed E-state index contributed by atoms with van der Waals surface area (Å²) in [6, 6.07) is 11.3. The van der Waals surface area contributed by atoms with Crippen molar-refractivity contribution in [2.45, 2.75) is 27.7 Å². The molecule has 0 aliphatic rings. The average molecular weight is 443 g/mol. The van der Waals surface area contributed by atoms with Crippen molar-refractivity contribution in [1.82, 2.24) is 15.0 Å². The van der Waals surface area contributed by atoms with E-state index in [1.807, 2.05) is 58.0 Å². The molecule has 9 nitrogen and oxygen atoms in total. The molecule has 9 heteroatoms. The van der Waals surface area contributed by atoms with Crippen molar-refractivity contribution >= 4 is 45.4 Å². The number of phenols is 1. The molecular formula is C24H26N8O. The molecule has 1 aromatic heterocycles. The summed E-state index contributed by atoms with van der Waals surface area (Å²) in [5.41, 5.74) is 11.5. The molecule has 4 aromatic rings. The molecule has 0 bridgehead atoms. The highest BCUT2D eigenvalue weighted by atomic mass is 16.3. The van der Waals surface area contributed by atoms with Crippen molar-refractivity contribution in [2.75, 3.05) is 23.4 Å². The van der Waals surface area contributed by atoms with Crippen molar-refractivity contribution in [3.63, 3.8) is 0 Å². The number of phenolic OH excluding ortho intramolecular Hbond substituents is 1. The van der Waals surface area contributed by atoms with Gasteiger partial charge >= 0.3 is 0 Å². The highest BCUT2D eigenvalue weighted by Gasteiger charge is 2.13. The van der Waals surface area contributed by atoms with Crippen LogP contribution in [0.5, 0.6) is 5.75 Å². The lowest BCUT2D eigenvalue weighted by molar-refractivity contribution is 0.481. The van der Waals surface area contributed by atoms with Crippen LogP contribution in [0.3, 0.4) is 0 Å². The van der Waals surface area contributed by atoms with Gasteiger partial charge in [-0.2, -0.15) is 20.1 Å². The Bertz CT molecular complexity index is 1400. The van der Waals surface area contributed by atoms with Crippen LogP contribution in [-0.4, -0.2) is 27.1 Å². The third-order valence-electron chi connectivity index (χ3n) is 5.26. The molecule has 0 spiro atoms. The predicted molar refractivity (Wildman–Crippen MR) is 132 cm³/mol. The zero-order valence-electron chi connectivity index (χ0n) is 19.2. The van der Waals surface area contributed by atoms with E-state index in [-0.39, 0.29) is 5.75 Å². The molecule has 0 saturated carbocycles. The number of hydrogen-bond acceptors (Lipinski definition) is 9. The summed E-state index contributed by atoms with van der Waals surface area (Å²) in [5.74, 6) is 1.69. The van der Waals surface area contributed by atoms with E-state index >= 15 is 0 Å². The number of aryl methyl sites for hydroxylation is 4. The first-order valence-electron chi connectivity index (χ1n) is 10.5. The van der Waals surface area contributed by atoms with E-state index in [4.69, 9.17) is 5.73 Å². The molecule has 0 amide bonds. The topological polar surface area (TPSA) is 134 Å². The van der Waals surface area contributed by atoms with Gasteiger partial charge in [0.2, 0.25) is 11.9 Å². The van der Waals surface area contributed by atoms with E-state index < -0.39 is 0 Å². The van der Waals surface area contributed by atoms with Crippen molar-refractivity contribution in [3.8, 4) is 5.75 Å². The second kappa shape index (κ2) is 8.70. The van der Waals surface area contributed by atoms with Gasteiger partial charge in [0, 0.05) is 12.7 Å². The Morgan fingerprint density at radius 3 is 2.36 bits per heavy atom. The van der Waals surface area contributed by atoms with Crippen LogP contribution in [0.25, 0.3) is 10.8 Å². The van der Waals surface area contributed by atoms with Crippen LogP contribution in [0.1, 0.15) is 22.5 Å². The van der Waals surface area contributed by atoms with E-state index in [0.29, 0.717) is 40.2 Å². The maximum Gasteiger partial charge on any atom is 0.232 e. The predicted octanol–water partition coefficient (Wildman–Crippen LogP) is 5.75. The van der Waals surface area contributed by atoms with Crippen molar-refractivity contribution in [3.05, 3.63) is 58.9 Å². The zero-order chi connectivity index (χ0) is 23.7. The number of rotatable bonds is 5. The molecule has 33 heavy (non-hydrogen) atoms. The molecule has 0 radical (unpaired) electrons. The third-order valence-corrected chi connectivity index (χ3v) is 5.26. The summed E-state index contributed by atoms with van der Waals surface area (Å²) < 4.78 is 0. The third kappa shape index (κ3) is 4.52. The van der Waals surface area contributed by atoms with E-state index in [2.05, 4.69) is 35.8 Å². The summed E-state index contributed by atoms with van der Waals surface area (Å²) in [6.07, 6.45) is 0. The Labute approximate surface area is 191 Å². The van der Waals surface area contributed by atoms with E-state index in [1.165, 1.54) is 0 Å². The summed E-state index contributed by atoms with van der Waals surface area (Å²) in [6.45, 7) is 7.60. The maximum absolute atomic E-state index is 10.5. The fourth-order valence-electron chi connectivity index (χ4n) is 3.63. The van der Waals surface area contributed by atoms with Gasteiger partial charge < -0.3 is 21.5 Å². The smallest absolute Gasteiger partial charge is 0.232 e. The SMILES string of the molecule is CNc1nc(C)nc(Nc2ccc(N=Nc3c(N)c(C)cc4cc(C)cc(O)c34)c(C)c2)n1. The molecule has 168 valence electrons. The number of nitrogen functional groups attached to an aromatic ring is 1. The number of aromatic nitrogens is 3. The van der Waals surface area contributed by atoms with Gasteiger partial charge in [-0.1, -0.05) is 6.07 Å². The second-order valence-electron chi connectivity index (χ2n) is 7.94. The van der Waals surface area contributed by atoms with Crippen molar-refractivity contribution in [2.24, 2.45) is 10.2 Å². The van der Waals surface area contributed by atoms with Gasteiger partial charge in [0.25, 0.3) is 0 Å². The molecule has 1 heterocycles. The summed E-state index contributed by atoms with van der Waals surface area (Å²) >= 11 is 0. The van der Waals surface area contributed by atoms with E-state index in [0.717, 1.165) is 27.8 Å². The molecular weight excluding hydrogens is 416 g/mol. The fraction of sp³-hybridized carbons (Fsp3) is 0.208. The average Bonchev–Trinajstić information content (AvgIpc) is 2.74. The molecule has 4 rings (SSSR count). The minimum atomic E-state index is 0.135. The second-order valence-corrected chi connectivity index (χ2v) is 7.94. The van der Waals surface area contributed by atoms with Gasteiger partial charge in [-0.05, 0) is 80.1 Å². The van der Waals surface area contributed by atoms with Crippen LogP contribution in [-0.2, 0) is 0 Å². The lowest BCUT2D eigenvalue weighted by atomic mass is 10.0. The molecule has 0 fully saturated rings. The number of azo groups is 1. The van der Waals surface area contributed by atoms with Crippen LogP contribution in [0.2, 0.25) is 0 Å². The zero-order valence-corrected chi connectivity index (χ0v) is 19.2. The Kier molecular flexibility index (Phi) is 5.78. The number of fused-ring (bicyclic) bond motifs is 1. The number of hydrogen-bond donors (Lipinski definition) is 4. The van der Waals surface area contributed by atoms with Gasteiger partial charge in [0.1, 0.15) is 17.3 Å². The molecule has 0 saturated heterocycles. The molecule has 0 aliphatic heterocycles. The standard InChI is InChI=1S/C24H26N8O/c1-12-8-16-10-14(3)21(25)22(20(16)19(33)9-12)32-31-18-7-6-17(11-13(18)2)29-24-28-15(4)27-23(26-5)30-24/h6-11,33H,25H2,1-5H3,(H2,26,27,28,29,30). The minimum Gasteiger partial charge on any atom is -0.507 e. The Balaban J connectivity index is 1.67.